The molecule has 0 aliphatic carbocycles. The Balaban J connectivity index is 1.77. The predicted octanol–water partition coefficient (Wildman–Crippen LogP) is 4.76. The number of amides is 1. The Kier molecular flexibility index (Phi) is 5.35. The number of aryl methyl sites for hydroxylation is 2. The highest BCUT2D eigenvalue weighted by atomic mass is 19.1. The summed E-state index contributed by atoms with van der Waals surface area (Å²) in [5, 5.41) is 2.78. The molecule has 6 heteroatoms. The van der Waals surface area contributed by atoms with E-state index in [-0.39, 0.29) is 11.7 Å². The lowest BCUT2D eigenvalue weighted by Crippen LogP contribution is -2.08. The van der Waals surface area contributed by atoms with E-state index >= 15 is 0 Å². The van der Waals surface area contributed by atoms with Crippen LogP contribution in [0.15, 0.2) is 53.4 Å². The summed E-state index contributed by atoms with van der Waals surface area (Å²) in [6.07, 6.45) is 6.03. The lowest BCUT2D eigenvalue weighted by molar-refractivity contribution is -0.111. The molecule has 3 aromatic rings. The van der Waals surface area contributed by atoms with E-state index in [1.54, 1.807) is 51.4 Å². The van der Waals surface area contributed by atoms with E-state index in [0.29, 0.717) is 17.2 Å². The van der Waals surface area contributed by atoms with Gasteiger partial charge in [-0.3, -0.25) is 4.79 Å². The van der Waals surface area contributed by atoms with Gasteiger partial charge >= 0.3 is 0 Å². The third kappa shape index (κ3) is 4.23. The molecular formula is C21H19FN2O3. The summed E-state index contributed by atoms with van der Waals surface area (Å²) < 4.78 is 24.0. The van der Waals surface area contributed by atoms with Gasteiger partial charge in [0, 0.05) is 17.8 Å². The van der Waals surface area contributed by atoms with Gasteiger partial charge in [-0.1, -0.05) is 0 Å². The molecule has 138 valence electrons. The molecule has 0 fully saturated rings. The summed E-state index contributed by atoms with van der Waals surface area (Å²) in [4.78, 5) is 16.1. The van der Waals surface area contributed by atoms with E-state index in [0.717, 1.165) is 22.3 Å². The van der Waals surface area contributed by atoms with Crippen LogP contribution in [0.4, 0.5) is 10.1 Å². The second-order valence-electron chi connectivity index (χ2n) is 6.06. The summed E-state index contributed by atoms with van der Waals surface area (Å²) in [5.74, 6) is 0.545. The molecule has 0 radical (unpaired) electrons. The van der Waals surface area contributed by atoms with Crippen LogP contribution in [0.25, 0.3) is 17.4 Å². The zero-order valence-corrected chi connectivity index (χ0v) is 15.2. The highest BCUT2D eigenvalue weighted by Crippen LogP contribution is 2.32. The Morgan fingerprint density at radius 1 is 1.22 bits per heavy atom. The van der Waals surface area contributed by atoms with Gasteiger partial charge in [0.15, 0.2) is 12.2 Å². The number of methoxy groups -OCH3 is 1. The van der Waals surface area contributed by atoms with E-state index in [2.05, 4.69) is 10.3 Å². The Labute approximate surface area is 156 Å². The number of benzene rings is 2. The van der Waals surface area contributed by atoms with Crippen LogP contribution in [0.2, 0.25) is 0 Å². The number of oxazole rings is 1. The molecule has 0 atom stereocenters. The van der Waals surface area contributed by atoms with E-state index in [9.17, 15) is 9.18 Å². The van der Waals surface area contributed by atoms with E-state index in [4.69, 9.17) is 9.15 Å². The van der Waals surface area contributed by atoms with Crippen molar-refractivity contribution >= 4 is 17.7 Å². The average molecular weight is 366 g/mol. The topological polar surface area (TPSA) is 64.4 Å². The van der Waals surface area contributed by atoms with E-state index < -0.39 is 0 Å². The molecule has 3 rings (SSSR count). The standard InChI is InChI=1S/C21H19FN2O3/c1-13-8-15(22)9-14(2)17(13)6-7-21(25)24-16-4-5-18(19(10-16)26-3)20-11-23-12-27-20/h4-12H,1-3H3,(H,24,25)/b7-6+. The number of carbonyl (C=O) groups excluding carboxylic acids is 1. The number of carbonyl (C=O) groups is 1. The Bertz CT molecular complexity index is 972. The van der Waals surface area contributed by atoms with Crippen LogP contribution < -0.4 is 10.1 Å². The van der Waals surface area contributed by atoms with Gasteiger partial charge in [0.1, 0.15) is 11.6 Å². The van der Waals surface area contributed by atoms with Crippen molar-refractivity contribution in [1.82, 2.24) is 4.98 Å². The lowest BCUT2D eigenvalue weighted by Gasteiger charge is -2.09. The quantitative estimate of drug-likeness (QED) is 0.662. The normalized spacial score (nSPS) is 11.0. The maximum atomic E-state index is 13.4. The van der Waals surface area contributed by atoms with E-state index in [1.807, 2.05) is 0 Å². The first kappa shape index (κ1) is 18.4. The molecule has 2 aromatic carbocycles. The van der Waals surface area contributed by atoms with Gasteiger partial charge in [-0.15, -0.1) is 0 Å². The highest BCUT2D eigenvalue weighted by Gasteiger charge is 2.11. The third-order valence-corrected chi connectivity index (χ3v) is 4.13. The molecule has 1 N–H and O–H groups in total. The van der Waals surface area contributed by atoms with Crippen molar-refractivity contribution in [2.24, 2.45) is 0 Å². The van der Waals surface area contributed by atoms with Crippen molar-refractivity contribution in [3.63, 3.8) is 0 Å². The summed E-state index contributed by atoms with van der Waals surface area (Å²) in [6, 6.07) is 8.13. The first-order valence-electron chi connectivity index (χ1n) is 8.30. The van der Waals surface area contributed by atoms with Gasteiger partial charge in [-0.25, -0.2) is 9.37 Å². The smallest absolute Gasteiger partial charge is 0.248 e. The molecule has 27 heavy (non-hydrogen) atoms. The van der Waals surface area contributed by atoms with Crippen LogP contribution in [0.1, 0.15) is 16.7 Å². The van der Waals surface area contributed by atoms with Crippen molar-refractivity contribution < 1.29 is 18.3 Å². The second kappa shape index (κ2) is 7.86. The first-order chi connectivity index (χ1) is 13.0. The molecule has 0 aliphatic rings. The summed E-state index contributed by atoms with van der Waals surface area (Å²) >= 11 is 0. The van der Waals surface area contributed by atoms with Crippen molar-refractivity contribution in [2.75, 3.05) is 12.4 Å². The van der Waals surface area contributed by atoms with Gasteiger partial charge in [-0.05, 0) is 60.9 Å². The predicted molar refractivity (Wildman–Crippen MR) is 102 cm³/mol. The van der Waals surface area contributed by atoms with Gasteiger partial charge in [0.05, 0.1) is 18.9 Å². The molecule has 5 nitrogen and oxygen atoms in total. The molecular weight excluding hydrogens is 347 g/mol. The number of halogens is 1. The van der Waals surface area contributed by atoms with Crippen LogP contribution in [0, 0.1) is 19.7 Å². The van der Waals surface area contributed by atoms with E-state index in [1.165, 1.54) is 24.6 Å². The number of aromatic nitrogens is 1. The first-order valence-corrected chi connectivity index (χ1v) is 8.30. The van der Waals surface area contributed by atoms with Crippen LogP contribution in [-0.2, 0) is 4.79 Å². The van der Waals surface area contributed by atoms with Gasteiger partial charge in [0.2, 0.25) is 5.91 Å². The molecule has 0 spiro atoms. The fraction of sp³-hybridized carbons (Fsp3) is 0.143. The second-order valence-corrected chi connectivity index (χ2v) is 6.06. The lowest BCUT2D eigenvalue weighted by atomic mass is 10.0. The zero-order valence-electron chi connectivity index (χ0n) is 15.2. The minimum atomic E-state index is -0.299. The van der Waals surface area contributed by atoms with Crippen molar-refractivity contribution in [2.45, 2.75) is 13.8 Å². The molecule has 0 bridgehead atoms. The van der Waals surface area contributed by atoms with Crippen molar-refractivity contribution in [1.29, 1.82) is 0 Å². The largest absolute Gasteiger partial charge is 0.496 e. The molecule has 1 amide bonds. The summed E-state index contributed by atoms with van der Waals surface area (Å²) in [5.41, 5.74) is 3.69. The van der Waals surface area contributed by atoms with Crippen LogP contribution in [0.5, 0.6) is 5.75 Å². The molecule has 1 aromatic heterocycles. The third-order valence-electron chi connectivity index (χ3n) is 4.13. The van der Waals surface area contributed by atoms with Crippen LogP contribution in [0.3, 0.4) is 0 Å². The summed E-state index contributed by atoms with van der Waals surface area (Å²) in [6.45, 7) is 3.61. The fourth-order valence-corrected chi connectivity index (χ4v) is 2.85. The SMILES string of the molecule is COc1cc(NC(=O)/C=C/c2c(C)cc(F)cc2C)ccc1-c1cnco1. The Morgan fingerprint density at radius 3 is 2.59 bits per heavy atom. The van der Waals surface area contributed by atoms with Gasteiger partial charge in [-0.2, -0.15) is 0 Å². The minimum absolute atomic E-state index is 0.287. The van der Waals surface area contributed by atoms with Crippen LogP contribution in [-0.4, -0.2) is 18.0 Å². The summed E-state index contributed by atoms with van der Waals surface area (Å²) in [7, 11) is 1.54. The average Bonchev–Trinajstić information content (AvgIpc) is 3.15. The molecule has 0 aliphatic heterocycles. The number of ether oxygens (including phenoxy) is 1. The minimum Gasteiger partial charge on any atom is -0.496 e. The van der Waals surface area contributed by atoms with Crippen LogP contribution >= 0.6 is 0 Å². The molecule has 0 saturated heterocycles. The molecule has 0 unspecified atom stereocenters. The van der Waals surface area contributed by atoms with Gasteiger partial charge < -0.3 is 14.5 Å². The molecule has 1 heterocycles. The Morgan fingerprint density at radius 2 is 1.96 bits per heavy atom. The number of nitrogens with one attached hydrogen (secondary N) is 1. The van der Waals surface area contributed by atoms with Gasteiger partial charge in [0.25, 0.3) is 0 Å². The molecule has 0 saturated carbocycles. The fourth-order valence-electron chi connectivity index (χ4n) is 2.85. The number of hydrogen-bond acceptors (Lipinski definition) is 4. The highest BCUT2D eigenvalue weighted by molar-refractivity contribution is 6.02. The number of anilines is 1. The monoisotopic (exact) mass is 366 g/mol. The van der Waals surface area contributed by atoms with Crippen molar-refractivity contribution in [3.05, 3.63) is 71.5 Å². The number of hydrogen-bond donors (Lipinski definition) is 1. The number of rotatable bonds is 5. The maximum Gasteiger partial charge on any atom is 0.248 e. The zero-order chi connectivity index (χ0) is 19.4. The van der Waals surface area contributed by atoms with Crippen molar-refractivity contribution in [3.8, 4) is 17.1 Å². The maximum absolute atomic E-state index is 13.4. The number of nitrogens with zero attached hydrogens (tertiary/aromatic N) is 1. The Hall–Kier alpha value is -3.41.